The normalized spacial score (nSPS) is 23.8. The fraction of sp³-hybridized carbons (Fsp3) is 0.611. The minimum Gasteiger partial charge on any atom is -0.383 e. The Morgan fingerprint density at radius 3 is 2.74 bits per heavy atom. The first kappa shape index (κ1) is 16.4. The van der Waals surface area contributed by atoms with Gasteiger partial charge in [0.2, 0.25) is 5.91 Å². The number of amides is 1. The lowest BCUT2D eigenvalue weighted by Crippen LogP contribution is -2.56. The highest BCUT2D eigenvalue weighted by atomic mass is 16.5. The molecule has 1 unspecified atom stereocenters. The van der Waals surface area contributed by atoms with E-state index in [4.69, 9.17) is 4.74 Å². The van der Waals surface area contributed by atoms with Crippen molar-refractivity contribution in [3.05, 3.63) is 35.9 Å². The molecule has 1 atom stereocenters. The van der Waals surface area contributed by atoms with Gasteiger partial charge in [-0.2, -0.15) is 0 Å². The number of ether oxygens (including phenoxy) is 1. The molecule has 2 saturated heterocycles. The first-order chi connectivity index (χ1) is 11.1. The maximum Gasteiger partial charge on any atom is 0.237 e. The second-order valence-corrected chi connectivity index (χ2v) is 7.05. The third-order valence-corrected chi connectivity index (χ3v) is 5.02. The highest BCUT2D eigenvalue weighted by Gasteiger charge is 2.51. The number of likely N-dealkylation sites (N-methyl/N-ethyl adjacent to an activating group) is 1. The van der Waals surface area contributed by atoms with Crippen LogP contribution in [0.5, 0.6) is 0 Å². The zero-order valence-corrected chi connectivity index (χ0v) is 14.1. The molecule has 126 valence electrons. The maximum absolute atomic E-state index is 12.3. The number of likely N-dealkylation sites (tertiary alicyclic amines) is 2. The second kappa shape index (κ2) is 6.99. The summed E-state index contributed by atoms with van der Waals surface area (Å²) in [5.41, 5.74) is 1.66. The van der Waals surface area contributed by atoms with E-state index in [0.29, 0.717) is 18.6 Å². The molecule has 1 aromatic carbocycles. The number of methoxy groups -OCH3 is 1. The molecular formula is C18H27N3O2. The summed E-state index contributed by atoms with van der Waals surface area (Å²) >= 11 is 0. The number of nitrogens with one attached hydrogen (secondary N) is 1. The molecule has 5 heteroatoms. The summed E-state index contributed by atoms with van der Waals surface area (Å²) < 4.78 is 4.99. The smallest absolute Gasteiger partial charge is 0.237 e. The largest absolute Gasteiger partial charge is 0.383 e. The van der Waals surface area contributed by atoms with E-state index in [0.717, 1.165) is 32.6 Å². The van der Waals surface area contributed by atoms with Gasteiger partial charge in [-0.05, 0) is 19.0 Å². The summed E-state index contributed by atoms with van der Waals surface area (Å²) in [7, 11) is 3.72. The van der Waals surface area contributed by atoms with E-state index in [1.165, 1.54) is 5.56 Å². The maximum atomic E-state index is 12.3. The van der Waals surface area contributed by atoms with Gasteiger partial charge in [-0.15, -0.1) is 0 Å². The first-order valence-electron chi connectivity index (χ1n) is 8.35. The van der Waals surface area contributed by atoms with Crippen LogP contribution in [0.25, 0.3) is 0 Å². The van der Waals surface area contributed by atoms with Gasteiger partial charge < -0.3 is 10.1 Å². The third kappa shape index (κ3) is 3.74. The summed E-state index contributed by atoms with van der Waals surface area (Å²) in [5.74, 6) is 0.142. The molecule has 23 heavy (non-hydrogen) atoms. The van der Waals surface area contributed by atoms with E-state index in [9.17, 15) is 4.79 Å². The van der Waals surface area contributed by atoms with Crippen molar-refractivity contribution in [3.63, 3.8) is 0 Å². The summed E-state index contributed by atoms with van der Waals surface area (Å²) in [6, 6.07) is 10.6. The lowest BCUT2D eigenvalue weighted by molar-refractivity contribution is -0.125. The van der Waals surface area contributed by atoms with Gasteiger partial charge in [-0.1, -0.05) is 30.3 Å². The quantitative estimate of drug-likeness (QED) is 0.794. The molecular weight excluding hydrogens is 290 g/mol. The molecule has 0 aliphatic carbocycles. The molecule has 0 saturated carbocycles. The Morgan fingerprint density at radius 2 is 2.04 bits per heavy atom. The Kier molecular flexibility index (Phi) is 4.99. The van der Waals surface area contributed by atoms with Crippen LogP contribution in [0.3, 0.4) is 0 Å². The van der Waals surface area contributed by atoms with E-state index < -0.39 is 0 Å². The van der Waals surface area contributed by atoms with Gasteiger partial charge in [0.25, 0.3) is 0 Å². The standard InChI is InChI=1S/C18H27N3O2/c1-20-12-18(10-16(20)17(22)19-8-9-23-2)13-21(14-18)11-15-6-4-3-5-7-15/h3-7,16H,8-14H2,1-2H3,(H,19,22). The lowest BCUT2D eigenvalue weighted by atomic mass is 9.77. The fourth-order valence-corrected chi connectivity index (χ4v) is 4.04. The van der Waals surface area contributed by atoms with Crippen LogP contribution < -0.4 is 5.32 Å². The first-order valence-corrected chi connectivity index (χ1v) is 8.35. The van der Waals surface area contributed by atoms with Crippen LogP contribution in [0.15, 0.2) is 30.3 Å². The highest BCUT2D eigenvalue weighted by Crippen LogP contribution is 2.42. The molecule has 2 aliphatic rings. The van der Waals surface area contributed by atoms with Crippen LogP contribution in [0.1, 0.15) is 12.0 Å². The number of hydrogen-bond donors (Lipinski definition) is 1. The average Bonchev–Trinajstić information content (AvgIpc) is 2.86. The molecule has 1 N–H and O–H groups in total. The minimum atomic E-state index is 0.00531. The predicted molar refractivity (Wildman–Crippen MR) is 90.1 cm³/mol. The Morgan fingerprint density at radius 1 is 1.30 bits per heavy atom. The van der Waals surface area contributed by atoms with Crippen molar-refractivity contribution in [1.29, 1.82) is 0 Å². The van der Waals surface area contributed by atoms with Crippen LogP contribution in [0.2, 0.25) is 0 Å². The molecule has 0 bridgehead atoms. The van der Waals surface area contributed by atoms with E-state index >= 15 is 0 Å². The van der Waals surface area contributed by atoms with Crippen molar-refractivity contribution in [2.24, 2.45) is 5.41 Å². The molecule has 2 aliphatic heterocycles. The van der Waals surface area contributed by atoms with Crippen LogP contribution in [0, 0.1) is 5.41 Å². The third-order valence-electron chi connectivity index (χ3n) is 5.02. The molecule has 1 aromatic rings. The Balaban J connectivity index is 1.49. The zero-order valence-electron chi connectivity index (χ0n) is 14.1. The summed E-state index contributed by atoms with van der Waals surface area (Å²) in [6.45, 7) is 5.37. The van der Waals surface area contributed by atoms with E-state index in [-0.39, 0.29) is 11.9 Å². The number of rotatable bonds is 6. The summed E-state index contributed by atoms with van der Waals surface area (Å²) in [5, 5.41) is 2.97. The van der Waals surface area contributed by atoms with Crippen molar-refractivity contribution in [1.82, 2.24) is 15.1 Å². The fourth-order valence-electron chi connectivity index (χ4n) is 4.04. The number of benzene rings is 1. The highest BCUT2D eigenvalue weighted by molar-refractivity contribution is 5.82. The number of hydrogen-bond acceptors (Lipinski definition) is 4. The Hall–Kier alpha value is -1.43. The molecule has 0 aromatic heterocycles. The number of nitrogens with zero attached hydrogens (tertiary/aromatic N) is 2. The van der Waals surface area contributed by atoms with Crippen molar-refractivity contribution in [3.8, 4) is 0 Å². The Bertz CT molecular complexity index is 528. The van der Waals surface area contributed by atoms with Gasteiger partial charge in [-0.25, -0.2) is 0 Å². The van der Waals surface area contributed by atoms with Crippen LogP contribution in [-0.2, 0) is 16.1 Å². The van der Waals surface area contributed by atoms with Gasteiger partial charge in [0.05, 0.1) is 12.6 Å². The zero-order chi connectivity index (χ0) is 16.3. The summed E-state index contributed by atoms with van der Waals surface area (Å²) in [4.78, 5) is 17.0. The molecule has 1 spiro atoms. The minimum absolute atomic E-state index is 0.00531. The molecule has 2 heterocycles. The van der Waals surface area contributed by atoms with Crippen molar-refractivity contribution < 1.29 is 9.53 Å². The summed E-state index contributed by atoms with van der Waals surface area (Å²) in [6.07, 6.45) is 0.966. The number of carbonyl (C=O) groups is 1. The monoisotopic (exact) mass is 317 g/mol. The Labute approximate surface area is 138 Å². The van der Waals surface area contributed by atoms with Crippen molar-refractivity contribution in [2.75, 3.05) is 46.9 Å². The van der Waals surface area contributed by atoms with E-state index in [1.807, 2.05) is 0 Å². The SMILES string of the molecule is COCCNC(=O)C1CC2(CN(Cc3ccccc3)C2)CN1C. The van der Waals surface area contributed by atoms with Crippen molar-refractivity contribution >= 4 is 5.91 Å². The van der Waals surface area contributed by atoms with E-state index in [2.05, 4.69) is 52.5 Å². The van der Waals surface area contributed by atoms with E-state index in [1.54, 1.807) is 7.11 Å². The molecule has 0 radical (unpaired) electrons. The molecule has 3 rings (SSSR count). The average molecular weight is 317 g/mol. The van der Waals surface area contributed by atoms with Gasteiger partial charge in [0.1, 0.15) is 0 Å². The molecule has 2 fully saturated rings. The predicted octanol–water partition coefficient (Wildman–Crippen LogP) is 0.955. The second-order valence-electron chi connectivity index (χ2n) is 7.05. The molecule has 1 amide bonds. The van der Waals surface area contributed by atoms with Crippen LogP contribution >= 0.6 is 0 Å². The van der Waals surface area contributed by atoms with Crippen LogP contribution in [0.4, 0.5) is 0 Å². The van der Waals surface area contributed by atoms with Gasteiger partial charge in [0, 0.05) is 45.2 Å². The molecule has 5 nitrogen and oxygen atoms in total. The van der Waals surface area contributed by atoms with Gasteiger partial charge in [-0.3, -0.25) is 14.6 Å². The van der Waals surface area contributed by atoms with Crippen LogP contribution in [-0.4, -0.2) is 68.7 Å². The van der Waals surface area contributed by atoms with Gasteiger partial charge >= 0.3 is 0 Å². The van der Waals surface area contributed by atoms with Crippen molar-refractivity contribution in [2.45, 2.75) is 19.0 Å². The topological polar surface area (TPSA) is 44.8 Å². The number of carbonyl (C=O) groups excluding carboxylic acids is 1. The van der Waals surface area contributed by atoms with Gasteiger partial charge in [0.15, 0.2) is 0 Å². The lowest BCUT2D eigenvalue weighted by Gasteiger charge is -2.48.